The summed E-state index contributed by atoms with van der Waals surface area (Å²) in [5.74, 6) is 1.16. The highest BCUT2D eigenvalue weighted by molar-refractivity contribution is 6.22. The highest BCUT2D eigenvalue weighted by atomic mass is 35.5. The number of aryl methyl sites for hydroxylation is 1. The van der Waals surface area contributed by atoms with Gasteiger partial charge in [-0.05, 0) is 18.9 Å². The molecule has 0 aliphatic heterocycles. The zero-order valence-electron chi connectivity index (χ0n) is 8.69. The molecule has 1 rings (SSSR count). The van der Waals surface area contributed by atoms with E-state index in [0.717, 1.165) is 6.42 Å². The van der Waals surface area contributed by atoms with Gasteiger partial charge in [0.05, 0.1) is 0 Å². The summed E-state index contributed by atoms with van der Waals surface area (Å²) in [6.07, 6.45) is 0.976. The van der Waals surface area contributed by atoms with Crippen LogP contribution in [0.1, 0.15) is 24.5 Å². The van der Waals surface area contributed by atoms with Gasteiger partial charge in [0, 0.05) is 17.2 Å². The molecule has 0 unspecified atom stereocenters. The first-order valence-corrected chi connectivity index (χ1v) is 5.94. The van der Waals surface area contributed by atoms with E-state index in [0.29, 0.717) is 11.8 Å². The zero-order valence-corrected chi connectivity index (χ0v) is 10.2. The summed E-state index contributed by atoms with van der Waals surface area (Å²) in [4.78, 5) is 0. The van der Waals surface area contributed by atoms with Crippen molar-refractivity contribution in [2.45, 2.75) is 25.7 Å². The van der Waals surface area contributed by atoms with Crippen LogP contribution in [0.3, 0.4) is 0 Å². The van der Waals surface area contributed by atoms with E-state index >= 15 is 0 Å². The maximum absolute atomic E-state index is 6.03. The van der Waals surface area contributed by atoms with Crippen LogP contribution in [-0.2, 0) is 5.41 Å². The Morgan fingerprint density at radius 3 is 2.29 bits per heavy atom. The molecular formula is C12H16Cl2. The molecule has 0 bridgehead atoms. The van der Waals surface area contributed by atoms with Gasteiger partial charge in [0.25, 0.3) is 0 Å². The first-order chi connectivity index (χ1) is 6.68. The fraction of sp³-hybridized carbons (Fsp3) is 0.500. The van der Waals surface area contributed by atoms with Crippen LogP contribution in [0.5, 0.6) is 0 Å². The smallest absolute Gasteiger partial charge is 0.0331 e. The third-order valence-corrected chi connectivity index (χ3v) is 3.84. The maximum Gasteiger partial charge on any atom is 0.0331 e. The van der Waals surface area contributed by atoms with Crippen molar-refractivity contribution in [3.05, 3.63) is 35.4 Å². The number of rotatable bonds is 4. The molecule has 0 amide bonds. The van der Waals surface area contributed by atoms with Crippen molar-refractivity contribution in [1.29, 1.82) is 0 Å². The highest BCUT2D eigenvalue weighted by Crippen LogP contribution is 2.31. The summed E-state index contributed by atoms with van der Waals surface area (Å²) in [6, 6.07) is 8.44. The molecule has 0 aliphatic carbocycles. The van der Waals surface area contributed by atoms with Crippen LogP contribution >= 0.6 is 23.2 Å². The third-order valence-electron chi connectivity index (χ3n) is 2.82. The first kappa shape index (κ1) is 11.9. The third kappa shape index (κ3) is 2.24. The van der Waals surface area contributed by atoms with Crippen molar-refractivity contribution < 1.29 is 0 Å². The summed E-state index contributed by atoms with van der Waals surface area (Å²) in [5.41, 5.74) is 2.45. The highest BCUT2D eigenvalue weighted by Gasteiger charge is 2.28. The lowest BCUT2D eigenvalue weighted by Gasteiger charge is -2.29. The fourth-order valence-corrected chi connectivity index (χ4v) is 2.53. The van der Waals surface area contributed by atoms with E-state index < -0.39 is 0 Å². The molecular weight excluding hydrogens is 215 g/mol. The van der Waals surface area contributed by atoms with Crippen molar-refractivity contribution in [1.82, 2.24) is 0 Å². The van der Waals surface area contributed by atoms with Crippen molar-refractivity contribution in [2.75, 3.05) is 11.8 Å². The van der Waals surface area contributed by atoms with Crippen molar-refractivity contribution in [3.8, 4) is 0 Å². The Morgan fingerprint density at radius 2 is 1.86 bits per heavy atom. The number of hydrogen-bond acceptors (Lipinski definition) is 0. The average molecular weight is 231 g/mol. The molecule has 0 atom stereocenters. The Labute approximate surface area is 96.2 Å². The topological polar surface area (TPSA) is 0 Å². The lowest BCUT2D eigenvalue weighted by atomic mass is 9.81. The summed E-state index contributed by atoms with van der Waals surface area (Å²) in [7, 11) is 0. The first-order valence-electron chi connectivity index (χ1n) is 4.87. The van der Waals surface area contributed by atoms with Crippen molar-refractivity contribution >= 4 is 23.2 Å². The molecule has 14 heavy (non-hydrogen) atoms. The SMILES string of the molecule is CCC(CCl)(CCl)c1cccc(C)c1. The van der Waals surface area contributed by atoms with Gasteiger partial charge in [-0.15, -0.1) is 23.2 Å². The van der Waals surface area contributed by atoms with Gasteiger partial charge in [0.15, 0.2) is 0 Å². The van der Waals surface area contributed by atoms with Crippen LogP contribution in [0, 0.1) is 6.92 Å². The normalized spacial score (nSPS) is 11.7. The summed E-state index contributed by atoms with van der Waals surface area (Å²) in [6.45, 7) is 4.22. The molecule has 0 radical (unpaired) electrons. The summed E-state index contributed by atoms with van der Waals surface area (Å²) in [5, 5.41) is 0. The standard InChI is InChI=1S/C12H16Cl2/c1-3-12(8-13,9-14)11-6-4-5-10(2)7-11/h4-7H,3,8-9H2,1-2H3. The summed E-state index contributed by atoms with van der Waals surface area (Å²) < 4.78 is 0. The van der Waals surface area contributed by atoms with Crippen molar-refractivity contribution in [2.24, 2.45) is 0 Å². The van der Waals surface area contributed by atoms with Gasteiger partial charge < -0.3 is 0 Å². The molecule has 0 fully saturated rings. The number of benzene rings is 1. The van der Waals surface area contributed by atoms with E-state index in [1.807, 2.05) is 0 Å². The molecule has 1 aromatic carbocycles. The van der Waals surface area contributed by atoms with Crippen LogP contribution in [-0.4, -0.2) is 11.8 Å². The van der Waals surface area contributed by atoms with E-state index in [1.165, 1.54) is 11.1 Å². The second-order valence-electron chi connectivity index (χ2n) is 3.77. The largest absolute Gasteiger partial charge is 0.126 e. The second kappa shape index (κ2) is 5.04. The van der Waals surface area contributed by atoms with Gasteiger partial charge in [0.1, 0.15) is 0 Å². The number of hydrogen-bond donors (Lipinski definition) is 0. The van der Waals surface area contributed by atoms with Crippen LogP contribution in [0.25, 0.3) is 0 Å². The van der Waals surface area contributed by atoms with E-state index in [1.54, 1.807) is 0 Å². The molecule has 2 heteroatoms. The Morgan fingerprint density at radius 1 is 1.21 bits per heavy atom. The Kier molecular flexibility index (Phi) is 4.28. The molecule has 0 spiro atoms. The molecule has 0 aromatic heterocycles. The van der Waals surface area contributed by atoms with E-state index in [9.17, 15) is 0 Å². The predicted molar refractivity (Wildman–Crippen MR) is 64.6 cm³/mol. The number of alkyl halides is 2. The minimum absolute atomic E-state index is 0.0604. The Hall–Kier alpha value is -0.200. The van der Waals surface area contributed by atoms with E-state index in [2.05, 4.69) is 38.1 Å². The Bertz CT molecular complexity index is 282. The van der Waals surface area contributed by atoms with Gasteiger partial charge >= 0.3 is 0 Å². The molecule has 0 saturated heterocycles. The lowest BCUT2D eigenvalue weighted by molar-refractivity contribution is 0.519. The van der Waals surface area contributed by atoms with E-state index in [-0.39, 0.29) is 5.41 Å². The van der Waals surface area contributed by atoms with Gasteiger partial charge in [0.2, 0.25) is 0 Å². The van der Waals surface area contributed by atoms with Crippen LogP contribution in [0.15, 0.2) is 24.3 Å². The van der Waals surface area contributed by atoms with Gasteiger partial charge in [-0.1, -0.05) is 36.8 Å². The molecule has 0 nitrogen and oxygen atoms in total. The summed E-state index contributed by atoms with van der Waals surface area (Å²) >= 11 is 12.1. The maximum atomic E-state index is 6.03. The van der Waals surface area contributed by atoms with Gasteiger partial charge in [-0.25, -0.2) is 0 Å². The molecule has 0 aliphatic rings. The fourth-order valence-electron chi connectivity index (χ4n) is 1.56. The molecule has 78 valence electrons. The minimum atomic E-state index is -0.0604. The van der Waals surface area contributed by atoms with Gasteiger partial charge in [-0.3, -0.25) is 0 Å². The monoisotopic (exact) mass is 230 g/mol. The Balaban J connectivity index is 3.10. The quantitative estimate of drug-likeness (QED) is 0.684. The molecule has 0 saturated carbocycles. The van der Waals surface area contributed by atoms with E-state index in [4.69, 9.17) is 23.2 Å². The lowest BCUT2D eigenvalue weighted by Crippen LogP contribution is -2.29. The molecule has 1 aromatic rings. The van der Waals surface area contributed by atoms with Gasteiger partial charge in [-0.2, -0.15) is 0 Å². The second-order valence-corrected chi connectivity index (χ2v) is 4.31. The number of halogens is 2. The predicted octanol–water partition coefficient (Wildman–Crippen LogP) is 4.12. The minimum Gasteiger partial charge on any atom is -0.126 e. The zero-order chi connectivity index (χ0) is 10.6. The molecule has 0 N–H and O–H groups in total. The average Bonchev–Trinajstić information content (AvgIpc) is 2.22. The molecule has 0 heterocycles. The van der Waals surface area contributed by atoms with Crippen molar-refractivity contribution in [3.63, 3.8) is 0 Å². The van der Waals surface area contributed by atoms with Crippen LogP contribution in [0.2, 0.25) is 0 Å². The van der Waals surface area contributed by atoms with Crippen LogP contribution < -0.4 is 0 Å². The van der Waals surface area contributed by atoms with Crippen LogP contribution in [0.4, 0.5) is 0 Å².